The number of hydrogen-bond acceptors (Lipinski definition) is 2. The summed E-state index contributed by atoms with van der Waals surface area (Å²) in [6.45, 7) is 2.48. The van der Waals surface area contributed by atoms with Crippen LogP contribution in [0.3, 0.4) is 0 Å². The zero-order valence-electron chi connectivity index (χ0n) is 4.43. The van der Waals surface area contributed by atoms with Gasteiger partial charge in [-0.1, -0.05) is 6.92 Å². The SMILES string of the molecule is CCCOP(=O)(Br)Br. The summed E-state index contributed by atoms with van der Waals surface area (Å²) < 4.78 is 12.8. The van der Waals surface area contributed by atoms with E-state index in [2.05, 4.69) is 31.0 Å². The highest BCUT2D eigenvalue weighted by Gasteiger charge is 2.10. The molecule has 50 valence electrons. The van der Waals surface area contributed by atoms with Crippen molar-refractivity contribution >= 4 is 35.8 Å². The van der Waals surface area contributed by atoms with Crippen molar-refractivity contribution in [1.82, 2.24) is 0 Å². The van der Waals surface area contributed by atoms with Crippen molar-refractivity contribution in [1.29, 1.82) is 0 Å². The normalized spacial score (nSPS) is 11.9. The Labute approximate surface area is 64.9 Å². The van der Waals surface area contributed by atoms with Crippen LogP contribution in [0, 0.1) is 0 Å². The minimum atomic E-state index is -2.56. The quantitative estimate of drug-likeness (QED) is 0.732. The molecular formula is C3H7Br2O2P. The molecule has 2 nitrogen and oxygen atoms in total. The third-order valence-electron chi connectivity index (χ3n) is 0.446. The fourth-order valence-corrected chi connectivity index (χ4v) is 1.46. The first kappa shape index (κ1) is 9.15. The first-order chi connectivity index (χ1) is 3.56. The van der Waals surface area contributed by atoms with E-state index in [4.69, 9.17) is 4.52 Å². The second-order valence-electron chi connectivity index (χ2n) is 1.25. The lowest BCUT2D eigenvalue weighted by Crippen LogP contribution is -1.80. The lowest BCUT2D eigenvalue weighted by molar-refractivity contribution is 0.337. The first-order valence-electron chi connectivity index (χ1n) is 2.20. The van der Waals surface area contributed by atoms with E-state index in [9.17, 15) is 4.57 Å². The van der Waals surface area contributed by atoms with Crippen molar-refractivity contribution < 1.29 is 9.09 Å². The summed E-state index contributed by atoms with van der Waals surface area (Å²) in [5.74, 6) is 0. The average molecular weight is 266 g/mol. The van der Waals surface area contributed by atoms with Crippen LogP contribution in [0.15, 0.2) is 0 Å². The van der Waals surface area contributed by atoms with Gasteiger partial charge in [0.05, 0.1) is 6.61 Å². The second-order valence-corrected chi connectivity index (χ2v) is 10.8. The summed E-state index contributed by atoms with van der Waals surface area (Å²) in [7, 11) is 0. The molecule has 0 atom stereocenters. The molecule has 0 heterocycles. The molecule has 0 aliphatic heterocycles. The largest absolute Gasteiger partial charge is 0.328 e. The van der Waals surface area contributed by atoms with Crippen LogP contribution in [0.1, 0.15) is 13.3 Å². The Morgan fingerprint density at radius 3 is 2.25 bits per heavy atom. The molecule has 0 N–H and O–H groups in total. The van der Waals surface area contributed by atoms with E-state index >= 15 is 0 Å². The van der Waals surface area contributed by atoms with Gasteiger partial charge in [-0.2, -0.15) is 0 Å². The van der Waals surface area contributed by atoms with Gasteiger partial charge in [0.15, 0.2) is 0 Å². The van der Waals surface area contributed by atoms with Gasteiger partial charge in [-0.05, 0) is 6.42 Å². The fraction of sp³-hybridized carbons (Fsp3) is 1.00. The predicted molar refractivity (Wildman–Crippen MR) is 41.7 cm³/mol. The Balaban J connectivity index is 3.26. The smallest absolute Gasteiger partial charge is 0.313 e. The molecule has 0 amide bonds. The van der Waals surface area contributed by atoms with Gasteiger partial charge in [0.2, 0.25) is 0 Å². The molecule has 8 heavy (non-hydrogen) atoms. The van der Waals surface area contributed by atoms with Crippen molar-refractivity contribution in [3.05, 3.63) is 0 Å². The molecule has 0 radical (unpaired) electrons. The lowest BCUT2D eigenvalue weighted by Gasteiger charge is -2.00. The van der Waals surface area contributed by atoms with Crippen LogP contribution >= 0.6 is 35.8 Å². The highest BCUT2D eigenvalue weighted by Crippen LogP contribution is 2.62. The van der Waals surface area contributed by atoms with E-state index in [1.165, 1.54) is 0 Å². The van der Waals surface area contributed by atoms with Crippen molar-refractivity contribution in [3.63, 3.8) is 0 Å². The van der Waals surface area contributed by atoms with Gasteiger partial charge in [0.25, 0.3) is 0 Å². The molecule has 0 aromatic heterocycles. The molecule has 0 saturated heterocycles. The van der Waals surface area contributed by atoms with Crippen LogP contribution in [-0.4, -0.2) is 6.61 Å². The van der Waals surface area contributed by atoms with Crippen molar-refractivity contribution in [2.75, 3.05) is 6.61 Å². The first-order valence-corrected chi connectivity index (χ1v) is 7.86. The van der Waals surface area contributed by atoms with Gasteiger partial charge in [-0.25, -0.2) is 0 Å². The molecule has 0 bridgehead atoms. The van der Waals surface area contributed by atoms with Crippen molar-refractivity contribution in [2.24, 2.45) is 0 Å². The highest BCUT2D eigenvalue weighted by molar-refractivity contribution is 9.70. The summed E-state index contributed by atoms with van der Waals surface area (Å²) >= 11 is 5.66. The van der Waals surface area contributed by atoms with Crippen LogP contribution < -0.4 is 0 Å². The number of halogens is 2. The Bertz CT molecular complexity index is 99.5. The molecule has 0 saturated carbocycles. The minimum Gasteiger partial charge on any atom is -0.313 e. The summed E-state index contributed by atoms with van der Waals surface area (Å²) in [4.78, 5) is 0. The summed E-state index contributed by atoms with van der Waals surface area (Å²) in [5.41, 5.74) is 0. The maximum Gasteiger partial charge on any atom is 0.328 e. The zero-order valence-corrected chi connectivity index (χ0v) is 8.50. The molecule has 0 aromatic carbocycles. The molecular weight excluding hydrogens is 259 g/mol. The topological polar surface area (TPSA) is 26.3 Å². The lowest BCUT2D eigenvalue weighted by atomic mass is 10.5. The van der Waals surface area contributed by atoms with Gasteiger partial charge in [0, 0.05) is 31.0 Å². The van der Waals surface area contributed by atoms with E-state index in [1.807, 2.05) is 6.92 Å². The van der Waals surface area contributed by atoms with Gasteiger partial charge >= 0.3 is 4.77 Å². The molecule has 5 heteroatoms. The van der Waals surface area contributed by atoms with E-state index in [0.717, 1.165) is 6.42 Å². The summed E-state index contributed by atoms with van der Waals surface area (Å²) in [5, 5.41) is 0. The summed E-state index contributed by atoms with van der Waals surface area (Å²) in [6, 6.07) is 0. The Hall–Kier alpha value is 1.15. The standard InChI is InChI=1S/C3H7Br2O2P/c1-2-3-7-8(4,5)6/h2-3H2,1H3. The number of hydrogen-bond donors (Lipinski definition) is 0. The van der Waals surface area contributed by atoms with Crippen LogP contribution in [0.4, 0.5) is 0 Å². The molecule has 0 fully saturated rings. The Morgan fingerprint density at radius 2 is 2.12 bits per heavy atom. The Kier molecular flexibility index (Phi) is 4.63. The van der Waals surface area contributed by atoms with E-state index in [0.29, 0.717) is 6.61 Å². The number of rotatable bonds is 3. The molecule has 0 unspecified atom stereocenters. The predicted octanol–water partition coefficient (Wildman–Crippen LogP) is 3.31. The fourth-order valence-electron chi connectivity index (χ4n) is 0.198. The average Bonchev–Trinajstić information content (AvgIpc) is 1.59. The van der Waals surface area contributed by atoms with E-state index in [-0.39, 0.29) is 0 Å². The maximum atomic E-state index is 10.6. The van der Waals surface area contributed by atoms with E-state index < -0.39 is 4.77 Å². The van der Waals surface area contributed by atoms with Crippen LogP contribution in [0.2, 0.25) is 0 Å². The van der Waals surface area contributed by atoms with Gasteiger partial charge < -0.3 is 4.52 Å². The maximum absolute atomic E-state index is 10.6. The molecule has 0 aliphatic rings. The molecule has 0 aliphatic carbocycles. The van der Waals surface area contributed by atoms with Gasteiger partial charge in [0.1, 0.15) is 0 Å². The van der Waals surface area contributed by atoms with Crippen LogP contribution in [0.25, 0.3) is 0 Å². The summed E-state index contributed by atoms with van der Waals surface area (Å²) in [6.07, 6.45) is 0.876. The Morgan fingerprint density at radius 1 is 1.62 bits per heavy atom. The van der Waals surface area contributed by atoms with Crippen LogP contribution in [-0.2, 0) is 9.09 Å². The molecule has 0 rings (SSSR count). The zero-order chi connectivity index (χ0) is 6.62. The van der Waals surface area contributed by atoms with Crippen molar-refractivity contribution in [2.45, 2.75) is 13.3 Å². The highest BCUT2D eigenvalue weighted by atomic mass is 79.9. The second kappa shape index (κ2) is 4.04. The monoisotopic (exact) mass is 264 g/mol. The third kappa shape index (κ3) is 7.15. The van der Waals surface area contributed by atoms with E-state index in [1.54, 1.807) is 0 Å². The van der Waals surface area contributed by atoms with Crippen molar-refractivity contribution in [3.8, 4) is 0 Å². The van der Waals surface area contributed by atoms with Gasteiger partial charge in [-0.15, -0.1) is 0 Å². The van der Waals surface area contributed by atoms with Crippen LogP contribution in [0.5, 0.6) is 0 Å². The third-order valence-corrected chi connectivity index (χ3v) is 2.16. The molecule has 0 aromatic rings. The molecule has 0 spiro atoms. The minimum absolute atomic E-state index is 0.522. The van der Waals surface area contributed by atoms with Gasteiger partial charge in [-0.3, -0.25) is 4.57 Å².